The summed E-state index contributed by atoms with van der Waals surface area (Å²) in [5.41, 5.74) is 0.134. The molecule has 0 heterocycles. The van der Waals surface area contributed by atoms with Crippen LogP contribution in [0, 0.1) is 0 Å². The maximum atomic E-state index is 11.2. The number of hydrogen-bond donors (Lipinski definition) is 1. The standard InChI is InChI=1S/C8H5BrCl2O2/c9-3-7(12)5-1-4(10)2-6(11)8(5)13/h1-2,13H,3H2. The zero-order chi connectivity index (χ0) is 10.0. The summed E-state index contributed by atoms with van der Waals surface area (Å²) < 4.78 is 0. The molecule has 0 aliphatic heterocycles. The minimum atomic E-state index is -0.262. The van der Waals surface area contributed by atoms with E-state index in [1.165, 1.54) is 12.1 Å². The minimum absolute atomic E-state index is 0.0804. The number of rotatable bonds is 2. The fourth-order valence-corrected chi connectivity index (χ4v) is 1.65. The largest absolute Gasteiger partial charge is 0.506 e. The van der Waals surface area contributed by atoms with Gasteiger partial charge in [0.25, 0.3) is 0 Å². The van der Waals surface area contributed by atoms with Gasteiger partial charge in [0.1, 0.15) is 5.75 Å². The molecule has 5 heteroatoms. The van der Waals surface area contributed by atoms with Gasteiger partial charge in [0.05, 0.1) is 15.9 Å². The number of Topliss-reactive ketones (excluding diaryl/α,β-unsaturated/α-hetero) is 1. The molecule has 70 valence electrons. The van der Waals surface area contributed by atoms with E-state index in [1.807, 2.05) is 0 Å². The molecule has 0 spiro atoms. The lowest BCUT2D eigenvalue weighted by Gasteiger charge is -2.03. The second kappa shape index (κ2) is 4.31. The maximum Gasteiger partial charge on any atom is 0.177 e. The molecule has 0 fully saturated rings. The van der Waals surface area contributed by atoms with E-state index in [0.717, 1.165) is 0 Å². The highest BCUT2D eigenvalue weighted by atomic mass is 79.9. The molecule has 1 rings (SSSR count). The molecule has 0 aliphatic carbocycles. The van der Waals surface area contributed by atoms with Gasteiger partial charge >= 0.3 is 0 Å². The van der Waals surface area contributed by atoms with E-state index >= 15 is 0 Å². The van der Waals surface area contributed by atoms with Crippen molar-refractivity contribution in [1.82, 2.24) is 0 Å². The van der Waals surface area contributed by atoms with Gasteiger partial charge in [-0.05, 0) is 12.1 Å². The van der Waals surface area contributed by atoms with Gasteiger partial charge in [0.15, 0.2) is 5.78 Å². The fraction of sp³-hybridized carbons (Fsp3) is 0.125. The molecule has 13 heavy (non-hydrogen) atoms. The van der Waals surface area contributed by atoms with Crippen LogP contribution in [0.1, 0.15) is 10.4 Å². The molecule has 0 aliphatic rings. The Balaban J connectivity index is 3.28. The van der Waals surface area contributed by atoms with Gasteiger partial charge in [-0.2, -0.15) is 0 Å². The molecule has 0 radical (unpaired) electrons. The van der Waals surface area contributed by atoms with Crippen LogP contribution >= 0.6 is 39.1 Å². The van der Waals surface area contributed by atoms with Gasteiger partial charge in [0.2, 0.25) is 0 Å². The summed E-state index contributed by atoms with van der Waals surface area (Å²) in [6.07, 6.45) is 0. The summed E-state index contributed by atoms with van der Waals surface area (Å²) in [7, 11) is 0. The van der Waals surface area contributed by atoms with Gasteiger partial charge in [-0.25, -0.2) is 0 Å². The van der Waals surface area contributed by atoms with Crippen LogP contribution in [0.4, 0.5) is 0 Å². The lowest BCUT2D eigenvalue weighted by Crippen LogP contribution is -2.00. The highest BCUT2D eigenvalue weighted by Gasteiger charge is 2.13. The van der Waals surface area contributed by atoms with Crippen LogP contribution in [0.25, 0.3) is 0 Å². The quantitative estimate of drug-likeness (QED) is 0.668. The second-order valence-electron chi connectivity index (χ2n) is 2.34. The van der Waals surface area contributed by atoms with Crippen LogP contribution in [-0.4, -0.2) is 16.2 Å². The highest BCUT2D eigenvalue weighted by molar-refractivity contribution is 9.09. The zero-order valence-corrected chi connectivity index (χ0v) is 9.45. The SMILES string of the molecule is O=C(CBr)c1cc(Cl)cc(Cl)c1O. The van der Waals surface area contributed by atoms with Crippen LogP contribution in [0.15, 0.2) is 12.1 Å². The third kappa shape index (κ3) is 2.36. The van der Waals surface area contributed by atoms with Crippen molar-refractivity contribution in [2.24, 2.45) is 0 Å². The number of hydrogen-bond acceptors (Lipinski definition) is 2. The van der Waals surface area contributed by atoms with E-state index in [1.54, 1.807) is 0 Å². The Morgan fingerprint density at radius 3 is 2.62 bits per heavy atom. The van der Waals surface area contributed by atoms with Crippen molar-refractivity contribution in [1.29, 1.82) is 0 Å². The van der Waals surface area contributed by atoms with E-state index < -0.39 is 0 Å². The Morgan fingerprint density at radius 2 is 2.08 bits per heavy atom. The molecule has 0 unspecified atom stereocenters. The summed E-state index contributed by atoms with van der Waals surface area (Å²) in [4.78, 5) is 11.2. The Morgan fingerprint density at radius 1 is 1.46 bits per heavy atom. The smallest absolute Gasteiger partial charge is 0.177 e. The van der Waals surface area contributed by atoms with Crippen molar-refractivity contribution in [3.05, 3.63) is 27.7 Å². The van der Waals surface area contributed by atoms with Gasteiger partial charge in [-0.1, -0.05) is 39.1 Å². The predicted octanol–water partition coefficient (Wildman–Crippen LogP) is 3.28. The van der Waals surface area contributed by atoms with Gasteiger partial charge in [-0.3, -0.25) is 4.79 Å². The molecule has 0 bridgehead atoms. The van der Waals surface area contributed by atoms with Crippen molar-refractivity contribution >= 4 is 44.9 Å². The monoisotopic (exact) mass is 282 g/mol. The first-order valence-electron chi connectivity index (χ1n) is 3.33. The number of phenols is 1. The summed E-state index contributed by atoms with van der Waals surface area (Å²) in [5.74, 6) is -0.489. The van der Waals surface area contributed by atoms with Gasteiger partial charge in [-0.15, -0.1) is 0 Å². The molecule has 2 nitrogen and oxygen atoms in total. The molecule has 1 aromatic rings. The molecular formula is C8H5BrCl2O2. The lowest BCUT2D eigenvalue weighted by atomic mass is 10.1. The van der Waals surface area contributed by atoms with Crippen molar-refractivity contribution in [2.75, 3.05) is 5.33 Å². The van der Waals surface area contributed by atoms with E-state index in [2.05, 4.69) is 15.9 Å². The molecule has 0 saturated carbocycles. The van der Waals surface area contributed by atoms with E-state index in [4.69, 9.17) is 23.2 Å². The first-order valence-corrected chi connectivity index (χ1v) is 5.21. The van der Waals surface area contributed by atoms with Crippen molar-refractivity contribution in [3.8, 4) is 5.75 Å². The predicted molar refractivity (Wildman–Crippen MR) is 56.3 cm³/mol. The van der Waals surface area contributed by atoms with Crippen LogP contribution < -0.4 is 0 Å². The average molecular weight is 284 g/mol. The Hall–Kier alpha value is -0.250. The number of alkyl halides is 1. The van der Waals surface area contributed by atoms with E-state index in [-0.39, 0.29) is 27.4 Å². The third-order valence-electron chi connectivity index (χ3n) is 1.45. The summed E-state index contributed by atoms with van der Waals surface area (Å²) in [5, 5.41) is 9.92. The van der Waals surface area contributed by atoms with Gasteiger partial charge in [0, 0.05) is 5.02 Å². The topological polar surface area (TPSA) is 37.3 Å². The molecular weight excluding hydrogens is 279 g/mol. The number of carbonyl (C=O) groups is 1. The molecule has 0 atom stereocenters. The van der Waals surface area contributed by atoms with Crippen LogP contribution in [0.5, 0.6) is 5.75 Å². The van der Waals surface area contributed by atoms with Crippen molar-refractivity contribution < 1.29 is 9.90 Å². The number of aromatic hydroxyl groups is 1. The van der Waals surface area contributed by atoms with E-state index in [0.29, 0.717) is 5.02 Å². The van der Waals surface area contributed by atoms with Crippen LogP contribution in [-0.2, 0) is 0 Å². The zero-order valence-electron chi connectivity index (χ0n) is 6.35. The van der Waals surface area contributed by atoms with Gasteiger partial charge < -0.3 is 5.11 Å². The Kier molecular flexibility index (Phi) is 3.59. The first kappa shape index (κ1) is 10.8. The Labute approximate surface area is 93.6 Å². The normalized spacial score (nSPS) is 10.1. The number of ketones is 1. The maximum absolute atomic E-state index is 11.2. The van der Waals surface area contributed by atoms with Crippen LogP contribution in [0.3, 0.4) is 0 Å². The number of carbonyl (C=O) groups excluding carboxylic acids is 1. The number of halogens is 3. The fourth-order valence-electron chi connectivity index (χ4n) is 0.851. The third-order valence-corrected chi connectivity index (χ3v) is 2.47. The second-order valence-corrected chi connectivity index (χ2v) is 3.74. The lowest BCUT2D eigenvalue weighted by molar-refractivity contribution is 0.102. The number of benzene rings is 1. The van der Waals surface area contributed by atoms with Crippen LogP contribution in [0.2, 0.25) is 10.0 Å². The average Bonchev–Trinajstić information content (AvgIpc) is 2.10. The molecule has 0 amide bonds. The van der Waals surface area contributed by atoms with Crippen molar-refractivity contribution in [2.45, 2.75) is 0 Å². The van der Waals surface area contributed by atoms with Crippen molar-refractivity contribution in [3.63, 3.8) is 0 Å². The first-order chi connectivity index (χ1) is 6.06. The summed E-state index contributed by atoms with van der Waals surface area (Å²) in [6.45, 7) is 0. The molecule has 1 N–H and O–H groups in total. The minimum Gasteiger partial charge on any atom is -0.506 e. The Bertz CT molecular complexity index is 352. The molecule has 1 aromatic carbocycles. The molecule has 0 saturated heterocycles. The summed E-state index contributed by atoms with van der Waals surface area (Å²) >= 11 is 14.3. The van der Waals surface area contributed by atoms with E-state index in [9.17, 15) is 9.90 Å². The highest BCUT2D eigenvalue weighted by Crippen LogP contribution is 2.31. The summed E-state index contributed by atoms with van der Waals surface area (Å²) in [6, 6.07) is 2.76. The number of phenolic OH excluding ortho intramolecular Hbond substituents is 1. The molecule has 0 aromatic heterocycles.